The van der Waals surface area contributed by atoms with Crippen molar-refractivity contribution >= 4 is 29.4 Å². The zero-order valence-electron chi connectivity index (χ0n) is 29.7. The predicted octanol–water partition coefficient (Wildman–Crippen LogP) is 4.97. The van der Waals surface area contributed by atoms with Crippen LogP contribution in [0.1, 0.15) is 68.7 Å². The Morgan fingerprint density at radius 2 is 1.80 bits per heavy atom. The van der Waals surface area contributed by atoms with Gasteiger partial charge in [-0.3, -0.25) is 19.2 Å². The number of anilines is 1. The number of ether oxygens (including phenoxy) is 2. The van der Waals surface area contributed by atoms with E-state index in [1.165, 1.54) is 4.90 Å². The molecule has 3 aliphatic rings. The molecule has 3 aliphatic heterocycles. The Labute approximate surface area is 295 Å². The van der Waals surface area contributed by atoms with Crippen LogP contribution in [-0.2, 0) is 28.7 Å². The predicted molar refractivity (Wildman–Crippen MR) is 191 cm³/mol. The van der Waals surface area contributed by atoms with E-state index in [1.54, 1.807) is 17.1 Å². The number of para-hydroxylation sites is 1. The fourth-order valence-electron chi connectivity index (χ4n) is 8.33. The zero-order valence-corrected chi connectivity index (χ0v) is 29.7. The summed E-state index contributed by atoms with van der Waals surface area (Å²) < 4.78 is 12.3. The molecule has 0 aromatic heterocycles. The number of likely N-dealkylation sites (tertiary alicyclic amines) is 1. The minimum atomic E-state index is -1.26. The second-order valence-corrected chi connectivity index (χ2v) is 14.2. The molecule has 0 aliphatic carbocycles. The van der Waals surface area contributed by atoms with Crippen LogP contribution in [0.3, 0.4) is 0 Å². The van der Waals surface area contributed by atoms with Crippen LogP contribution in [0.25, 0.3) is 0 Å². The number of hydrogen-bond donors (Lipinski definition) is 2. The zero-order chi connectivity index (χ0) is 36.2. The van der Waals surface area contributed by atoms with Crippen LogP contribution >= 0.6 is 0 Å². The van der Waals surface area contributed by atoms with E-state index >= 15 is 4.79 Å². The average Bonchev–Trinajstić information content (AvgIpc) is 3.74. The van der Waals surface area contributed by atoms with Crippen molar-refractivity contribution in [1.82, 2.24) is 10.2 Å². The highest BCUT2D eigenvalue weighted by Crippen LogP contribution is 2.59. The highest BCUT2D eigenvalue weighted by Gasteiger charge is 2.75. The Kier molecular flexibility index (Phi) is 11.6. The lowest BCUT2D eigenvalue weighted by molar-refractivity contribution is -0.146. The molecule has 2 aromatic rings. The Balaban J connectivity index is 1.52. The summed E-state index contributed by atoms with van der Waals surface area (Å²) in [5.74, 6) is -3.20. The molecule has 2 N–H and O–H groups in total. The van der Waals surface area contributed by atoms with Crippen molar-refractivity contribution in [1.29, 1.82) is 0 Å². The van der Waals surface area contributed by atoms with Crippen molar-refractivity contribution in [2.75, 3.05) is 24.7 Å². The van der Waals surface area contributed by atoms with E-state index < -0.39 is 53.5 Å². The number of amides is 3. The highest BCUT2D eigenvalue weighted by molar-refractivity contribution is 6.05. The average molecular weight is 686 g/mol. The number of carbonyl (C=O) groups excluding carboxylic acids is 4. The minimum Gasteiger partial charge on any atom is -0.463 e. The molecule has 7 atom stereocenters. The number of aliphatic hydroxyl groups excluding tert-OH is 1. The number of rotatable bonds is 16. The van der Waals surface area contributed by atoms with Gasteiger partial charge in [0.15, 0.2) is 0 Å². The number of allylic oxidation sites excluding steroid dienone is 1. The van der Waals surface area contributed by atoms with E-state index in [-0.39, 0.29) is 43.9 Å². The molecule has 10 nitrogen and oxygen atoms in total. The Hall–Kier alpha value is -4.28. The lowest BCUT2D eigenvalue weighted by Gasteiger charge is -2.40. The minimum absolute atomic E-state index is 0.0891. The molecule has 3 saturated heterocycles. The van der Waals surface area contributed by atoms with Gasteiger partial charge in [0.05, 0.1) is 36.6 Å². The van der Waals surface area contributed by atoms with Crippen molar-refractivity contribution in [3.63, 3.8) is 0 Å². The maximum Gasteiger partial charge on any atom is 0.306 e. The third-order valence-corrected chi connectivity index (χ3v) is 10.4. The quantitative estimate of drug-likeness (QED) is 0.189. The summed E-state index contributed by atoms with van der Waals surface area (Å²) in [6.45, 7) is 15.3. The highest BCUT2D eigenvalue weighted by atomic mass is 16.5. The number of esters is 1. The van der Waals surface area contributed by atoms with Crippen molar-refractivity contribution in [3.05, 3.63) is 90.5 Å². The second kappa shape index (κ2) is 15.7. The summed E-state index contributed by atoms with van der Waals surface area (Å²) in [6, 6.07) is 12.7. The molecular formula is C40H51N3O7. The SMILES string of the molecule is C=CCCC(=O)OC[C@@H](NC(=O)[C@@H]1[C@@H]2CC[C@]3(O2)[C@H](C(=O)N(CC=C)c2c(C)cccc2C)N([C@@H](CO)CC(C)C)C(=O)[C@@H]13)c1ccccc1. The van der Waals surface area contributed by atoms with Gasteiger partial charge in [0.1, 0.15) is 18.2 Å². The van der Waals surface area contributed by atoms with E-state index in [9.17, 15) is 19.5 Å². The molecule has 3 fully saturated rings. The topological polar surface area (TPSA) is 125 Å². The molecule has 1 spiro atoms. The summed E-state index contributed by atoms with van der Waals surface area (Å²) in [6.07, 6.45) is 4.75. The van der Waals surface area contributed by atoms with Gasteiger partial charge in [0, 0.05) is 18.7 Å². The number of nitrogens with zero attached hydrogens (tertiary/aromatic N) is 2. The normalized spacial score (nSPS) is 24.8. The summed E-state index contributed by atoms with van der Waals surface area (Å²) >= 11 is 0. The van der Waals surface area contributed by atoms with Gasteiger partial charge < -0.3 is 29.7 Å². The largest absolute Gasteiger partial charge is 0.463 e. The van der Waals surface area contributed by atoms with Gasteiger partial charge in [-0.25, -0.2) is 0 Å². The van der Waals surface area contributed by atoms with Crippen molar-refractivity contribution in [2.45, 2.75) is 89.6 Å². The van der Waals surface area contributed by atoms with E-state index in [4.69, 9.17) is 9.47 Å². The van der Waals surface area contributed by atoms with Crippen molar-refractivity contribution in [3.8, 4) is 0 Å². The van der Waals surface area contributed by atoms with Crippen LogP contribution in [0.4, 0.5) is 5.69 Å². The summed E-state index contributed by atoms with van der Waals surface area (Å²) in [5, 5.41) is 13.8. The number of aliphatic hydroxyl groups is 1. The number of fused-ring (bicyclic) bond motifs is 1. The van der Waals surface area contributed by atoms with Crippen LogP contribution in [-0.4, -0.2) is 77.2 Å². The molecule has 268 valence electrons. The molecule has 2 aromatic carbocycles. The molecule has 0 saturated carbocycles. The number of hydrogen-bond acceptors (Lipinski definition) is 7. The molecule has 3 amide bonds. The smallest absolute Gasteiger partial charge is 0.306 e. The maximum atomic E-state index is 15.1. The molecule has 50 heavy (non-hydrogen) atoms. The number of carbonyl (C=O) groups is 4. The molecular weight excluding hydrogens is 634 g/mol. The Bertz CT molecular complexity index is 1570. The lowest BCUT2D eigenvalue weighted by Crippen LogP contribution is -2.59. The van der Waals surface area contributed by atoms with Gasteiger partial charge in [0.2, 0.25) is 11.8 Å². The van der Waals surface area contributed by atoms with Crippen LogP contribution < -0.4 is 10.2 Å². The molecule has 3 heterocycles. The fourth-order valence-corrected chi connectivity index (χ4v) is 8.33. The van der Waals surface area contributed by atoms with E-state index in [2.05, 4.69) is 18.5 Å². The number of benzene rings is 2. The molecule has 0 radical (unpaired) electrons. The number of nitrogens with one attached hydrogen (secondary N) is 1. The van der Waals surface area contributed by atoms with Gasteiger partial charge in [-0.2, -0.15) is 0 Å². The van der Waals surface area contributed by atoms with Gasteiger partial charge in [-0.05, 0) is 62.1 Å². The van der Waals surface area contributed by atoms with Crippen molar-refractivity contribution < 1.29 is 33.8 Å². The maximum absolute atomic E-state index is 15.1. The fraction of sp³-hybridized carbons (Fsp3) is 0.500. The molecule has 10 heteroatoms. The third kappa shape index (κ3) is 7.01. The third-order valence-electron chi connectivity index (χ3n) is 10.4. The first kappa shape index (κ1) is 37.0. The first-order valence-electron chi connectivity index (χ1n) is 17.7. The van der Waals surface area contributed by atoms with Crippen LogP contribution in [0.2, 0.25) is 0 Å². The van der Waals surface area contributed by atoms with Crippen LogP contribution in [0.5, 0.6) is 0 Å². The van der Waals surface area contributed by atoms with E-state index in [1.807, 2.05) is 76.2 Å². The van der Waals surface area contributed by atoms with Gasteiger partial charge in [0.25, 0.3) is 5.91 Å². The Morgan fingerprint density at radius 3 is 2.42 bits per heavy atom. The Morgan fingerprint density at radius 1 is 1.10 bits per heavy atom. The first-order valence-corrected chi connectivity index (χ1v) is 17.7. The molecule has 0 unspecified atom stereocenters. The van der Waals surface area contributed by atoms with Gasteiger partial charge in [-0.1, -0.05) is 74.5 Å². The summed E-state index contributed by atoms with van der Waals surface area (Å²) in [5.41, 5.74) is 2.02. The summed E-state index contributed by atoms with van der Waals surface area (Å²) in [7, 11) is 0. The second-order valence-electron chi connectivity index (χ2n) is 14.2. The summed E-state index contributed by atoms with van der Waals surface area (Å²) in [4.78, 5) is 59.9. The van der Waals surface area contributed by atoms with E-state index in [0.717, 1.165) is 22.4 Å². The standard InChI is InChI=1S/C40H51N3O7/c1-7-9-18-32(45)49-24-30(28-16-11-10-12-17-28)41-37(46)33-31-19-20-40(50-31)34(33)38(47)43(29(23-44)22-25(3)4)36(40)39(48)42(21-8-2)35-26(5)14-13-15-27(35)6/h7-8,10-17,25,29-31,33-34,36,44H,1-2,9,18-24H2,3-6H3,(H,41,46)/t29-,30-,31+,33-,34-,36+,40-/m1/s1. The van der Waals surface area contributed by atoms with Crippen LogP contribution in [0.15, 0.2) is 73.8 Å². The van der Waals surface area contributed by atoms with E-state index in [0.29, 0.717) is 25.7 Å². The van der Waals surface area contributed by atoms with Crippen LogP contribution in [0, 0.1) is 31.6 Å². The monoisotopic (exact) mass is 685 g/mol. The number of aryl methyl sites for hydroxylation is 2. The lowest BCUT2D eigenvalue weighted by atomic mass is 9.70. The van der Waals surface area contributed by atoms with Gasteiger partial charge in [-0.15, -0.1) is 13.2 Å². The molecule has 5 rings (SSSR count). The molecule has 2 bridgehead atoms. The van der Waals surface area contributed by atoms with Gasteiger partial charge >= 0.3 is 5.97 Å². The van der Waals surface area contributed by atoms with Crippen molar-refractivity contribution in [2.24, 2.45) is 17.8 Å². The first-order chi connectivity index (χ1) is 24.0.